The highest BCUT2D eigenvalue weighted by molar-refractivity contribution is 5.78. The highest BCUT2D eigenvalue weighted by Crippen LogP contribution is 2.24. The van der Waals surface area contributed by atoms with E-state index >= 15 is 0 Å². The molecular weight excluding hydrogens is 390 g/mol. The Bertz CT molecular complexity index is 704. The molecule has 0 radical (unpaired) electrons. The van der Waals surface area contributed by atoms with Gasteiger partial charge >= 0.3 is 0 Å². The summed E-state index contributed by atoms with van der Waals surface area (Å²) in [7, 11) is 0. The van der Waals surface area contributed by atoms with Gasteiger partial charge in [-0.3, -0.25) is 9.59 Å². The summed E-state index contributed by atoms with van der Waals surface area (Å²) in [6.07, 6.45) is 7.77. The molecule has 0 saturated carbocycles. The van der Waals surface area contributed by atoms with Gasteiger partial charge in [-0.15, -0.1) is 0 Å². The Kier molecular flexibility index (Phi) is 7.97. The van der Waals surface area contributed by atoms with Crippen molar-refractivity contribution in [3.05, 3.63) is 35.9 Å². The van der Waals surface area contributed by atoms with Crippen molar-refractivity contribution in [2.45, 2.75) is 63.5 Å². The summed E-state index contributed by atoms with van der Waals surface area (Å²) in [5.74, 6) is 0.621. The maximum absolute atomic E-state index is 12.6. The Hall–Kier alpha value is -1.92. The van der Waals surface area contributed by atoms with Gasteiger partial charge in [-0.05, 0) is 63.6 Å². The van der Waals surface area contributed by atoms with Crippen molar-refractivity contribution in [3.8, 4) is 0 Å². The SMILES string of the molecule is O=C(NCC1CCCO1)C1CCN(C2CCN(C(=O)CCc3ccccc3)CC2)CC1. The summed E-state index contributed by atoms with van der Waals surface area (Å²) in [6, 6.07) is 10.8. The normalized spacial score (nSPS) is 23.7. The Morgan fingerprint density at radius 3 is 2.39 bits per heavy atom. The third-order valence-electron chi connectivity index (χ3n) is 7.23. The van der Waals surface area contributed by atoms with Gasteiger partial charge in [0.05, 0.1) is 6.10 Å². The average molecular weight is 428 g/mol. The third-order valence-corrected chi connectivity index (χ3v) is 7.23. The van der Waals surface area contributed by atoms with E-state index in [1.54, 1.807) is 0 Å². The minimum Gasteiger partial charge on any atom is -0.376 e. The Morgan fingerprint density at radius 1 is 0.968 bits per heavy atom. The number of aryl methyl sites for hydroxylation is 1. The number of hydrogen-bond donors (Lipinski definition) is 1. The Balaban J connectivity index is 1.13. The first kappa shape index (κ1) is 22.3. The van der Waals surface area contributed by atoms with Gasteiger partial charge in [0.15, 0.2) is 0 Å². The number of nitrogens with one attached hydrogen (secondary N) is 1. The van der Waals surface area contributed by atoms with E-state index in [9.17, 15) is 9.59 Å². The molecule has 6 heteroatoms. The zero-order chi connectivity index (χ0) is 21.5. The second-order valence-corrected chi connectivity index (χ2v) is 9.29. The molecule has 3 heterocycles. The maximum atomic E-state index is 12.6. The first-order valence-electron chi connectivity index (χ1n) is 12.1. The second-order valence-electron chi connectivity index (χ2n) is 9.29. The lowest BCUT2D eigenvalue weighted by atomic mass is 9.92. The van der Waals surface area contributed by atoms with E-state index in [4.69, 9.17) is 4.74 Å². The van der Waals surface area contributed by atoms with Crippen molar-refractivity contribution in [2.75, 3.05) is 39.3 Å². The van der Waals surface area contributed by atoms with Gasteiger partial charge in [-0.2, -0.15) is 0 Å². The van der Waals surface area contributed by atoms with E-state index in [0.717, 1.165) is 77.7 Å². The Labute approximate surface area is 186 Å². The van der Waals surface area contributed by atoms with Crippen molar-refractivity contribution < 1.29 is 14.3 Å². The highest BCUT2D eigenvalue weighted by Gasteiger charge is 2.31. The van der Waals surface area contributed by atoms with Gasteiger partial charge in [-0.1, -0.05) is 30.3 Å². The number of likely N-dealkylation sites (tertiary alicyclic amines) is 2. The number of nitrogens with zero attached hydrogens (tertiary/aromatic N) is 2. The van der Waals surface area contributed by atoms with E-state index in [-0.39, 0.29) is 23.8 Å². The fourth-order valence-corrected chi connectivity index (χ4v) is 5.23. The van der Waals surface area contributed by atoms with Crippen molar-refractivity contribution in [2.24, 2.45) is 5.92 Å². The molecule has 3 aliphatic heterocycles. The molecule has 170 valence electrons. The fourth-order valence-electron chi connectivity index (χ4n) is 5.23. The Morgan fingerprint density at radius 2 is 1.71 bits per heavy atom. The summed E-state index contributed by atoms with van der Waals surface area (Å²) >= 11 is 0. The van der Waals surface area contributed by atoms with E-state index < -0.39 is 0 Å². The van der Waals surface area contributed by atoms with Crippen LogP contribution in [-0.4, -0.2) is 73.1 Å². The molecule has 3 fully saturated rings. The van der Waals surface area contributed by atoms with Crippen LogP contribution in [0, 0.1) is 5.92 Å². The van der Waals surface area contributed by atoms with Crippen LogP contribution in [0.2, 0.25) is 0 Å². The van der Waals surface area contributed by atoms with Crippen LogP contribution in [0.1, 0.15) is 50.5 Å². The zero-order valence-corrected chi connectivity index (χ0v) is 18.6. The van der Waals surface area contributed by atoms with Gasteiger partial charge in [0.25, 0.3) is 0 Å². The molecule has 2 amide bonds. The summed E-state index contributed by atoms with van der Waals surface area (Å²) < 4.78 is 5.60. The first-order chi connectivity index (χ1) is 15.2. The predicted octanol–water partition coefficient (Wildman–Crippen LogP) is 2.62. The van der Waals surface area contributed by atoms with Gasteiger partial charge in [-0.25, -0.2) is 0 Å². The molecule has 1 atom stereocenters. The molecule has 3 aliphatic rings. The van der Waals surface area contributed by atoms with Crippen LogP contribution in [0.3, 0.4) is 0 Å². The summed E-state index contributed by atoms with van der Waals surface area (Å²) in [4.78, 5) is 29.7. The van der Waals surface area contributed by atoms with Crippen LogP contribution in [0.15, 0.2) is 30.3 Å². The van der Waals surface area contributed by atoms with Crippen LogP contribution in [0.4, 0.5) is 0 Å². The number of carbonyl (C=O) groups excluding carboxylic acids is 2. The van der Waals surface area contributed by atoms with Crippen LogP contribution in [0.5, 0.6) is 0 Å². The molecule has 0 aromatic heterocycles. The van der Waals surface area contributed by atoms with E-state index in [1.165, 1.54) is 5.56 Å². The van der Waals surface area contributed by atoms with Crippen LogP contribution in [0.25, 0.3) is 0 Å². The smallest absolute Gasteiger partial charge is 0.223 e. The zero-order valence-electron chi connectivity index (χ0n) is 18.6. The van der Waals surface area contributed by atoms with Gasteiger partial charge < -0.3 is 19.9 Å². The lowest BCUT2D eigenvalue weighted by Gasteiger charge is -2.41. The number of hydrogen-bond acceptors (Lipinski definition) is 4. The van der Waals surface area contributed by atoms with Crippen molar-refractivity contribution >= 4 is 11.8 Å². The fraction of sp³-hybridized carbons (Fsp3) is 0.680. The van der Waals surface area contributed by atoms with Gasteiger partial charge in [0.1, 0.15) is 0 Å². The van der Waals surface area contributed by atoms with Crippen molar-refractivity contribution in [3.63, 3.8) is 0 Å². The van der Waals surface area contributed by atoms with Crippen molar-refractivity contribution in [1.82, 2.24) is 15.1 Å². The molecule has 3 saturated heterocycles. The minimum atomic E-state index is 0.136. The molecule has 0 bridgehead atoms. The lowest BCUT2D eigenvalue weighted by molar-refractivity contribution is -0.133. The van der Waals surface area contributed by atoms with Gasteiger partial charge in [0.2, 0.25) is 11.8 Å². The molecule has 1 unspecified atom stereocenters. The number of rotatable bonds is 7. The standard InChI is InChI=1S/C25H37N3O3/c29-24(9-8-20-5-2-1-3-6-20)28-16-12-22(13-17-28)27-14-10-21(11-15-27)25(30)26-19-23-7-4-18-31-23/h1-3,5-6,21-23H,4,7-19H2,(H,26,30). The highest BCUT2D eigenvalue weighted by atomic mass is 16.5. The lowest BCUT2D eigenvalue weighted by Crippen LogP contribution is -2.50. The maximum Gasteiger partial charge on any atom is 0.223 e. The van der Waals surface area contributed by atoms with Crippen LogP contribution >= 0.6 is 0 Å². The molecule has 0 aliphatic carbocycles. The predicted molar refractivity (Wildman–Crippen MR) is 121 cm³/mol. The molecule has 4 rings (SSSR count). The minimum absolute atomic E-state index is 0.136. The third kappa shape index (κ3) is 6.30. The van der Waals surface area contributed by atoms with Crippen LogP contribution < -0.4 is 5.32 Å². The number of ether oxygens (including phenoxy) is 1. The van der Waals surface area contributed by atoms with E-state index in [2.05, 4.69) is 22.3 Å². The number of piperidine rings is 2. The number of carbonyl (C=O) groups is 2. The summed E-state index contributed by atoms with van der Waals surface area (Å²) in [5, 5.41) is 3.10. The van der Waals surface area contributed by atoms with Crippen LogP contribution in [-0.2, 0) is 20.7 Å². The second kappa shape index (κ2) is 11.1. The molecule has 31 heavy (non-hydrogen) atoms. The topological polar surface area (TPSA) is 61.9 Å². The number of amides is 2. The number of benzene rings is 1. The molecule has 1 aromatic rings. The molecule has 1 N–H and O–H groups in total. The molecular formula is C25H37N3O3. The first-order valence-corrected chi connectivity index (χ1v) is 12.1. The van der Waals surface area contributed by atoms with Crippen molar-refractivity contribution in [1.29, 1.82) is 0 Å². The van der Waals surface area contributed by atoms with E-state index in [0.29, 0.717) is 19.0 Å². The quantitative estimate of drug-likeness (QED) is 0.727. The largest absolute Gasteiger partial charge is 0.376 e. The molecule has 1 aromatic carbocycles. The summed E-state index contributed by atoms with van der Waals surface area (Å²) in [6.45, 7) is 5.20. The van der Waals surface area contributed by atoms with Gasteiger partial charge in [0, 0.05) is 44.6 Å². The monoisotopic (exact) mass is 427 g/mol. The average Bonchev–Trinajstić information content (AvgIpc) is 3.36. The molecule has 0 spiro atoms. The molecule has 6 nitrogen and oxygen atoms in total. The summed E-state index contributed by atoms with van der Waals surface area (Å²) in [5.41, 5.74) is 1.23. The van der Waals surface area contributed by atoms with E-state index in [1.807, 2.05) is 23.1 Å².